The highest BCUT2D eigenvalue weighted by molar-refractivity contribution is 5.69. The molecule has 0 amide bonds. The standard InChI is InChI=1S/2C13H26O2/c2*1-3-5-6-7-8-9-10-11-12-15-13(14)4-2/h2*3-12H2,1-2H3. The molecule has 0 unspecified atom stereocenters. The number of ether oxygens (including phenoxy) is 2. The van der Waals surface area contributed by atoms with Gasteiger partial charge in [-0.15, -0.1) is 0 Å². The van der Waals surface area contributed by atoms with Gasteiger partial charge in [-0.1, -0.05) is 118 Å². The lowest BCUT2D eigenvalue weighted by Gasteiger charge is -2.03. The Hall–Kier alpha value is -1.06. The van der Waals surface area contributed by atoms with Crippen molar-refractivity contribution in [2.75, 3.05) is 13.2 Å². The minimum absolute atomic E-state index is 0.0713. The van der Waals surface area contributed by atoms with Gasteiger partial charge in [0, 0.05) is 12.8 Å². The van der Waals surface area contributed by atoms with Crippen LogP contribution in [0.25, 0.3) is 0 Å². The zero-order valence-electron chi connectivity index (χ0n) is 20.8. The van der Waals surface area contributed by atoms with E-state index in [1.807, 2.05) is 13.8 Å². The molecular formula is C26H52O4. The predicted octanol–water partition coefficient (Wildman–Crippen LogP) is 8.16. The summed E-state index contributed by atoms with van der Waals surface area (Å²) in [5.41, 5.74) is 0. The molecule has 0 spiro atoms. The minimum atomic E-state index is -0.0713. The predicted molar refractivity (Wildman–Crippen MR) is 128 cm³/mol. The molecule has 0 aliphatic carbocycles. The third-order valence-corrected chi connectivity index (χ3v) is 5.10. The summed E-state index contributed by atoms with van der Waals surface area (Å²) in [5.74, 6) is -0.143. The van der Waals surface area contributed by atoms with Crippen molar-refractivity contribution in [2.24, 2.45) is 0 Å². The average Bonchev–Trinajstić information content (AvgIpc) is 2.76. The number of hydrogen-bond acceptors (Lipinski definition) is 4. The largest absolute Gasteiger partial charge is 0.466 e. The summed E-state index contributed by atoms with van der Waals surface area (Å²) in [6.07, 6.45) is 21.5. The van der Waals surface area contributed by atoms with Crippen LogP contribution in [0.5, 0.6) is 0 Å². The van der Waals surface area contributed by atoms with E-state index in [9.17, 15) is 9.59 Å². The molecule has 0 aromatic carbocycles. The Morgan fingerprint density at radius 2 is 0.700 bits per heavy atom. The number of rotatable bonds is 20. The summed E-state index contributed by atoms with van der Waals surface area (Å²) in [5, 5.41) is 0. The third-order valence-electron chi connectivity index (χ3n) is 5.10. The van der Waals surface area contributed by atoms with Crippen LogP contribution >= 0.6 is 0 Å². The molecule has 0 aromatic heterocycles. The molecule has 0 N–H and O–H groups in total. The van der Waals surface area contributed by atoms with Gasteiger partial charge >= 0.3 is 11.9 Å². The Morgan fingerprint density at radius 3 is 0.967 bits per heavy atom. The van der Waals surface area contributed by atoms with E-state index in [0.29, 0.717) is 26.1 Å². The van der Waals surface area contributed by atoms with Crippen LogP contribution in [0.3, 0.4) is 0 Å². The second-order valence-electron chi connectivity index (χ2n) is 8.10. The van der Waals surface area contributed by atoms with Crippen LogP contribution in [-0.4, -0.2) is 25.2 Å². The van der Waals surface area contributed by atoms with Crippen LogP contribution in [-0.2, 0) is 19.1 Å². The molecule has 4 heteroatoms. The van der Waals surface area contributed by atoms with Gasteiger partial charge in [-0.3, -0.25) is 9.59 Å². The highest BCUT2D eigenvalue weighted by Crippen LogP contribution is 2.09. The van der Waals surface area contributed by atoms with Crippen molar-refractivity contribution in [3.8, 4) is 0 Å². The highest BCUT2D eigenvalue weighted by Gasteiger charge is 1.98. The molecule has 0 rings (SSSR count). The van der Waals surface area contributed by atoms with Gasteiger partial charge in [-0.2, -0.15) is 0 Å². The number of esters is 2. The molecule has 0 saturated heterocycles. The Morgan fingerprint density at radius 1 is 0.433 bits per heavy atom. The summed E-state index contributed by atoms with van der Waals surface area (Å²) < 4.78 is 9.99. The van der Waals surface area contributed by atoms with Crippen LogP contribution < -0.4 is 0 Å². The van der Waals surface area contributed by atoms with Crippen molar-refractivity contribution in [1.29, 1.82) is 0 Å². The molecule has 0 aromatic rings. The SMILES string of the molecule is CCCCCCCCCCOC(=O)CC.CCCCCCCCCCOC(=O)CC. The minimum Gasteiger partial charge on any atom is -0.466 e. The van der Waals surface area contributed by atoms with Crippen molar-refractivity contribution in [1.82, 2.24) is 0 Å². The highest BCUT2D eigenvalue weighted by atomic mass is 16.5. The third kappa shape index (κ3) is 29.1. The molecule has 0 bridgehead atoms. The summed E-state index contributed by atoms with van der Waals surface area (Å²) in [7, 11) is 0. The lowest BCUT2D eigenvalue weighted by Crippen LogP contribution is -2.03. The Labute approximate surface area is 187 Å². The average molecular weight is 429 g/mol. The molecule has 0 atom stereocenters. The van der Waals surface area contributed by atoms with E-state index in [0.717, 1.165) is 12.8 Å². The number of carbonyl (C=O) groups excluding carboxylic acids is 2. The zero-order valence-corrected chi connectivity index (χ0v) is 20.8. The normalized spacial score (nSPS) is 10.3. The maximum absolute atomic E-state index is 10.8. The molecule has 0 saturated carbocycles. The van der Waals surface area contributed by atoms with Crippen molar-refractivity contribution in [3.63, 3.8) is 0 Å². The summed E-state index contributed by atoms with van der Waals surface area (Å²) >= 11 is 0. The molecule has 180 valence electrons. The van der Waals surface area contributed by atoms with Crippen LogP contribution in [0.2, 0.25) is 0 Å². The van der Waals surface area contributed by atoms with Crippen molar-refractivity contribution >= 4 is 11.9 Å². The van der Waals surface area contributed by atoms with E-state index in [-0.39, 0.29) is 11.9 Å². The maximum atomic E-state index is 10.8. The van der Waals surface area contributed by atoms with Crippen LogP contribution in [0.15, 0.2) is 0 Å². The van der Waals surface area contributed by atoms with E-state index >= 15 is 0 Å². The smallest absolute Gasteiger partial charge is 0.305 e. The topological polar surface area (TPSA) is 52.6 Å². The van der Waals surface area contributed by atoms with E-state index < -0.39 is 0 Å². The fourth-order valence-electron chi connectivity index (χ4n) is 3.05. The molecule has 0 fully saturated rings. The lowest BCUT2D eigenvalue weighted by molar-refractivity contribution is -0.144. The summed E-state index contributed by atoms with van der Waals surface area (Å²) in [6, 6.07) is 0. The van der Waals surface area contributed by atoms with Crippen molar-refractivity contribution in [3.05, 3.63) is 0 Å². The van der Waals surface area contributed by atoms with Gasteiger partial charge in [0.2, 0.25) is 0 Å². The second kappa shape index (κ2) is 27.9. The first kappa shape index (κ1) is 31.1. The van der Waals surface area contributed by atoms with E-state index in [4.69, 9.17) is 9.47 Å². The Kier molecular flexibility index (Phi) is 29.0. The zero-order chi connectivity index (χ0) is 22.7. The first-order valence-electron chi connectivity index (χ1n) is 12.9. The molecule has 0 heterocycles. The van der Waals surface area contributed by atoms with Gasteiger partial charge < -0.3 is 9.47 Å². The van der Waals surface area contributed by atoms with Crippen LogP contribution in [0.4, 0.5) is 0 Å². The Bertz CT molecular complexity index is 321. The number of unbranched alkanes of at least 4 members (excludes halogenated alkanes) is 14. The van der Waals surface area contributed by atoms with E-state index in [1.165, 1.54) is 89.9 Å². The van der Waals surface area contributed by atoms with Gasteiger partial charge in [0.05, 0.1) is 13.2 Å². The number of hydrogen-bond donors (Lipinski definition) is 0. The maximum Gasteiger partial charge on any atom is 0.305 e. The summed E-state index contributed by atoms with van der Waals surface area (Å²) in [4.78, 5) is 21.6. The van der Waals surface area contributed by atoms with E-state index in [2.05, 4.69) is 13.8 Å². The monoisotopic (exact) mass is 428 g/mol. The molecule has 0 aliphatic rings. The van der Waals surface area contributed by atoms with Crippen molar-refractivity contribution in [2.45, 2.75) is 143 Å². The van der Waals surface area contributed by atoms with Gasteiger partial charge in [0.15, 0.2) is 0 Å². The second-order valence-corrected chi connectivity index (χ2v) is 8.10. The fourth-order valence-corrected chi connectivity index (χ4v) is 3.05. The Balaban J connectivity index is 0. The molecule has 30 heavy (non-hydrogen) atoms. The van der Waals surface area contributed by atoms with E-state index in [1.54, 1.807) is 0 Å². The summed E-state index contributed by atoms with van der Waals surface area (Å²) in [6.45, 7) is 9.36. The molecule has 0 aliphatic heterocycles. The van der Waals surface area contributed by atoms with Gasteiger partial charge in [0.1, 0.15) is 0 Å². The van der Waals surface area contributed by atoms with Gasteiger partial charge in [-0.05, 0) is 12.8 Å². The van der Waals surface area contributed by atoms with Gasteiger partial charge in [0.25, 0.3) is 0 Å². The molecular weight excluding hydrogens is 376 g/mol. The number of carbonyl (C=O) groups is 2. The lowest BCUT2D eigenvalue weighted by atomic mass is 10.1. The van der Waals surface area contributed by atoms with Gasteiger partial charge in [-0.25, -0.2) is 0 Å². The first-order chi connectivity index (χ1) is 14.6. The quantitative estimate of drug-likeness (QED) is 0.145. The first-order valence-corrected chi connectivity index (χ1v) is 12.9. The van der Waals surface area contributed by atoms with Crippen LogP contribution in [0.1, 0.15) is 143 Å². The molecule has 4 nitrogen and oxygen atoms in total. The molecule has 0 radical (unpaired) electrons. The van der Waals surface area contributed by atoms with Crippen molar-refractivity contribution < 1.29 is 19.1 Å². The fraction of sp³-hybridized carbons (Fsp3) is 0.923. The van der Waals surface area contributed by atoms with Crippen LogP contribution in [0, 0.1) is 0 Å².